The van der Waals surface area contributed by atoms with Gasteiger partial charge >= 0.3 is 6.18 Å². The summed E-state index contributed by atoms with van der Waals surface area (Å²) >= 11 is 6.03. The Bertz CT molecular complexity index is 979. The molecule has 1 saturated heterocycles. The van der Waals surface area contributed by atoms with Gasteiger partial charge in [-0.15, -0.1) is 0 Å². The summed E-state index contributed by atoms with van der Waals surface area (Å²) in [5.41, 5.74) is 1.73. The van der Waals surface area contributed by atoms with Crippen LogP contribution in [0.4, 0.5) is 24.5 Å². The Hall–Kier alpha value is -2.41. The molecule has 4 nitrogen and oxygen atoms in total. The van der Waals surface area contributed by atoms with Crippen molar-refractivity contribution in [2.75, 3.05) is 29.4 Å². The SMILES string of the molecule is CC[C@@H](C)NC(=O)[C@@H]1Cc2cc(C(F)(F)F)ccc2N2CCN(c3ccc(Cl)cc3)C[C@H]12. The van der Waals surface area contributed by atoms with Gasteiger partial charge < -0.3 is 15.1 Å². The van der Waals surface area contributed by atoms with Crippen LogP contribution in [0.3, 0.4) is 0 Å². The van der Waals surface area contributed by atoms with Gasteiger partial charge in [0.1, 0.15) is 0 Å². The monoisotopic (exact) mass is 465 g/mol. The molecule has 32 heavy (non-hydrogen) atoms. The molecule has 172 valence electrons. The van der Waals surface area contributed by atoms with Gasteiger partial charge in [-0.2, -0.15) is 13.2 Å². The molecule has 1 N–H and O–H groups in total. The fourth-order valence-corrected chi connectivity index (χ4v) is 4.76. The van der Waals surface area contributed by atoms with Crippen molar-refractivity contribution in [2.24, 2.45) is 5.92 Å². The Morgan fingerprint density at radius 2 is 1.91 bits per heavy atom. The molecule has 2 aromatic carbocycles. The van der Waals surface area contributed by atoms with Crippen LogP contribution in [-0.4, -0.2) is 37.6 Å². The zero-order valence-electron chi connectivity index (χ0n) is 18.1. The average Bonchev–Trinajstić information content (AvgIpc) is 2.77. The van der Waals surface area contributed by atoms with Crippen molar-refractivity contribution in [1.82, 2.24) is 5.32 Å². The van der Waals surface area contributed by atoms with Crippen LogP contribution in [0.25, 0.3) is 0 Å². The van der Waals surface area contributed by atoms with Gasteiger partial charge in [-0.05, 0) is 67.8 Å². The molecule has 1 fully saturated rings. The van der Waals surface area contributed by atoms with Crippen LogP contribution in [0.5, 0.6) is 0 Å². The number of hydrogen-bond donors (Lipinski definition) is 1. The summed E-state index contributed by atoms with van der Waals surface area (Å²) in [5.74, 6) is -0.537. The number of nitrogens with one attached hydrogen (secondary N) is 1. The average molecular weight is 466 g/mol. The maximum atomic E-state index is 13.3. The van der Waals surface area contributed by atoms with E-state index >= 15 is 0 Å². The molecule has 0 radical (unpaired) electrons. The van der Waals surface area contributed by atoms with Gasteiger partial charge in [0.25, 0.3) is 0 Å². The van der Waals surface area contributed by atoms with Crippen LogP contribution >= 0.6 is 11.6 Å². The smallest absolute Gasteiger partial charge is 0.368 e. The Kier molecular flexibility index (Phi) is 6.30. The maximum Gasteiger partial charge on any atom is 0.416 e. The van der Waals surface area contributed by atoms with Crippen molar-refractivity contribution in [2.45, 2.75) is 44.9 Å². The molecule has 2 aliphatic heterocycles. The van der Waals surface area contributed by atoms with Gasteiger partial charge in [0.2, 0.25) is 5.91 Å². The van der Waals surface area contributed by atoms with Crippen molar-refractivity contribution >= 4 is 28.9 Å². The Morgan fingerprint density at radius 3 is 2.56 bits per heavy atom. The molecule has 0 spiro atoms. The normalized spacial score (nSPS) is 21.6. The number of alkyl halides is 3. The van der Waals surface area contributed by atoms with E-state index in [4.69, 9.17) is 11.6 Å². The molecule has 8 heteroatoms. The third-order valence-electron chi connectivity index (χ3n) is 6.57. The standard InChI is InChI=1S/C24H27ClF3N3O/c1-3-15(2)29-23(32)20-13-16-12-17(24(26,27)28)4-9-21(16)31-11-10-30(14-22(20)31)19-7-5-18(25)6-8-19/h4-9,12,15,20,22H,3,10-11,13-14H2,1-2H3,(H,29,32)/t15-,20-,22-/m1/s1. The number of anilines is 2. The van der Waals surface area contributed by atoms with Crippen LogP contribution in [0, 0.1) is 5.92 Å². The molecular formula is C24H27ClF3N3O. The van der Waals surface area contributed by atoms with Crippen LogP contribution < -0.4 is 15.1 Å². The van der Waals surface area contributed by atoms with Crippen LogP contribution in [0.2, 0.25) is 5.02 Å². The summed E-state index contributed by atoms with van der Waals surface area (Å²) in [5, 5.41) is 3.70. The summed E-state index contributed by atoms with van der Waals surface area (Å²) in [6.45, 7) is 5.87. The van der Waals surface area contributed by atoms with E-state index in [2.05, 4.69) is 15.1 Å². The highest BCUT2D eigenvalue weighted by Gasteiger charge is 2.43. The molecule has 1 amide bonds. The van der Waals surface area contributed by atoms with Crippen molar-refractivity contribution in [3.8, 4) is 0 Å². The molecule has 0 aliphatic carbocycles. The molecular weight excluding hydrogens is 439 g/mol. The van der Waals surface area contributed by atoms with Gasteiger partial charge in [-0.3, -0.25) is 4.79 Å². The van der Waals surface area contributed by atoms with Crippen LogP contribution in [0.15, 0.2) is 42.5 Å². The molecule has 0 bridgehead atoms. The molecule has 3 atom stereocenters. The first-order chi connectivity index (χ1) is 15.2. The zero-order chi connectivity index (χ0) is 23.0. The lowest BCUT2D eigenvalue weighted by Crippen LogP contribution is -2.61. The molecule has 0 aromatic heterocycles. The molecule has 0 saturated carbocycles. The quantitative estimate of drug-likeness (QED) is 0.679. The molecule has 2 heterocycles. The summed E-state index contributed by atoms with van der Waals surface area (Å²) in [4.78, 5) is 17.5. The third-order valence-corrected chi connectivity index (χ3v) is 6.82. The third kappa shape index (κ3) is 4.53. The fourth-order valence-electron chi connectivity index (χ4n) is 4.64. The fraction of sp³-hybridized carbons (Fsp3) is 0.458. The van der Waals surface area contributed by atoms with E-state index in [0.717, 1.165) is 23.9 Å². The van der Waals surface area contributed by atoms with Gasteiger partial charge in [-0.25, -0.2) is 0 Å². The number of halogens is 4. The summed E-state index contributed by atoms with van der Waals surface area (Å²) < 4.78 is 40.0. The Labute approximate surface area is 191 Å². The number of fused-ring (bicyclic) bond motifs is 3. The van der Waals surface area contributed by atoms with E-state index in [9.17, 15) is 18.0 Å². The number of carbonyl (C=O) groups excluding carboxylic acids is 1. The lowest BCUT2D eigenvalue weighted by atomic mass is 9.82. The van der Waals surface area contributed by atoms with Gasteiger partial charge in [0.05, 0.1) is 17.5 Å². The van der Waals surface area contributed by atoms with Gasteiger partial charge in [0.15, 0.2) is 0 Å². The second kappa shape index (κ2) is 8.85. The first-order valence-corrected chi connectivity index (χ1v) is 11.3. The van der Waals surface area contributed by atoms with Gasteiger partial charge in [0, 0.05) is 42.1 Å². The minimum Gasteiger partial charge on any atom is -0.368 e. The van der Waals surface area contributed by atoms with E-state index in [0.29, 0.717) is 30.2 Å². The number of piperazine rings is 1. The number of nitrogens with zero attached hydrogens (tertiary/aromatic N) is 2. The Morgan fingerprint density at radius 1 is 1.19 bits per heavy atom. The van der Waals surface area contributed by atoms with E-state index in [1.165, 1.54) is 6.07 Å². The minimum absolute atomic E-state index is 0.00909. The molecule has 2 aromatic rings. The first-order valence-electron chi connectivity index (χ1n) is 10.9. The van der Waals surface area contributed by atoms with E-state index < -0.39 is 17.7 Å². The summed E-state index contributed by atoms with van der Waals surface area (Å²) in [7, 11) is 0. The van der Waals surface area contributed by atoms with E-state index in [1.807, 2.05) is 38.1 Å². The lowest BCUT2D eigenvalue weighted by Gasteiger charge is -2.50. The number of rotatable bonds is 4. The number of benzene rings is 2. The molecule has 2 aliphatic rings. The van der Waals surface area contributed by atoms with Crippen LogP contribution in [0.1, 0.15) is 31.4 Å². The largest absolute Gasteiger partial charge is 0.416 e. The number of amides is 1. The van der Waals surface area contributed by atoms with E-state index in [1.54, 1.807) is 6.07 Å². The number of hydrogen-bond acceptors (Lipinski definition) is 3. The van der Waals surface area contributed by atoms with E-state index in [-0.39, 0.29) is 24.4 Å². The van der Waals surface area contributed by atoms with Gasteiger partial charge in [-0.1, -0.05) is 18.5 Å². The summed E-state index contributed by atoms with van der Waals surface area (Å²) in [6.07, 6.45) is -3.33. The highest BCUT2D eigenvalue weighted by atomic mass is 35.5. The van der Waals surface area contributed by atoms with Crippen molar-refractivity contribution in [3.63, 3.8) is 0 Å². The van der Waals surface area contributed by atoms with Crippen molar-refractivity contribution < 1.29 is 18.0 Å². The Balaban J connectivity index is 1.67. The predicted octanol–water partition coefficient (Wildman–Crippen LogP) is 5.14. The van der Waals surface area contributed by atoms with Crippen molar-refractivity contribution in [3.05, 3.63) is 58.6 Å². The molecule has 0 unspecified atom stereocenters. The highest BCUT2D eigenvalue weighted by molar-refractivity contribution is 6.30. The topological polar surface area (TPSA) is 35.6 Å². The van der Waals surface area contributed by atoms with Crippen molar-refractivity contribution in [1.29, 1.82) is 0 Å². The zero-order valence-corrected chi connectivity index (χ0v) is 18.9. The predicted molar refractivity (Wildman–Crippen MR) is 121 cm³/mol. The van der Waals surface area contributed by atoms with Crippen LogP contribution in [-0.2, 0) is 17.4 Å². The first kappa shape index (κ1) is 22.8. The maximum absolute atomic E-state index is 13.3. The highest BCUT2D eigenvalue weighted by Crippen LogP contribution is 2.40. The lowest BCUT2D eigenvalue weighted by molar-refractivity contribution is -0.137. The minimum atomic E-state index is -4.41. The molecule has 4 rings (SSSR count). The second-order valence-electron chi connectivity index (χ2n) is 8.65. The summed E-state index contributed by atoms with van der Waals surface area (Å²) in [6, 6.07) is 11.4. The second-order valence-corrected chi connectivity index (χ2v) is 9.09. The number of carbonyl (C=O) groups is 1.